The molecule has 0 aliphatic carbocycles. The number of benzene rings is 2. The SMILES string of the molecule is O=C(Nc1ccccc1)NC1CCN(Cc2cccc(-c3cccs3)c2)CC1. The van der Waals surface area contributed by atoms with Gasteiger partial charge in [0.05, 0.1) is 0 Å². The number of carbonyl (C=O) groups is 1. The number of hydrogen-bond acceptors (Lipinski definition) is 3. The normalized spacial score (nSPS) is 15.3. The molecule has 1 aliphatic heterocycles. The number of hydrogen-bond donors (Lipinski definition) is 2. The average molecular weight is 392 g/mol. The monoisotopic (exact) mass is 391 g/mol. The molecule has 0 spiro atoms. The summed E-state index contributed by atoms with van der Waals surface area (Å²) in [6.45, 7) is 2.96. The largest absolute Gasteiger partial charge is 0.335 e. The molecule has 0 atom stereocenters. The van der Waals surface area contributed by atoms with Crippen LogP contribution >= 0.6 is 11.3 Å². The second-order valence-electron chi connectivity index (χ2n) is 7.19. The van der Waals surface area contributed by atoms with Gasteiger partial charge >= 0.3 is 6.03 Å². The lowest BCUT2D eigenvalue weighted by molar-refractivity contribution is 0.190. The lowest BCUT2D eigenvalue weighted by atomic mass is 10.0. The van der Waals surface area contributed by atoms with Crippen LogP contribution in [0.5, 0.6) is 0 Å². The number of carbonyl (C=O) groups excluding carboxylic acids is 1. The van der Waals surface area contributed by atoms with Crippen LogP contribution in [-0.4, -0.2) is 30.1 Å². The molecule has 144 valence electrons. The Bertz CT molecular complexity index is 887. The van der Waals surface area contributed by atoms with Crippen LogP contribution in [0.2, 0.25) is 0 Å². The van der Waals surface area contributed by atoms with Crippen molar-refractivity contribution in [3.63, 3.8) is 0 Å². The Morgan fingerprint density at radius 2 is 1.82 bits per heavy atom. The highest BCUT2D eigenvalue weighted by atomic mass is 32.1. The standard InChI is InChI=1S/C23H25N3OS/c27-23(24-20-8-2-1-3-9-20)25-21-11-13-26(14-12-21)17-18-6-4-7-19(16-18)22-10-5-15-28-22/h1-10,15-16,21H,11-14,17H2,(H2,24,25,27). The van der Waals surface area contributed by atoms with E-state index >= 15 is 0 Å². The number of urea groups is 1. The lowest BCUT2D eigenvalue weighted by Gasteiger charge is -2.32. The van der Waals surface area contributed by atoms with Gasteiger partial charge in [0.15, 0.2) is 0 Å². The molecule has 1 saturated heterocycles. The maximum Gasteiger partial charge on any atom is 0.319 e. The predicted molar refractivity (Wildman–Crippen MR) is 117 cm³/mol. The molecule has 4 nitrogen and oxygen atoms in total. The van der Waals surface area contributed by atoms with Gasteiger partial charge in [-0.1, -0.05) is 42.5 Å². The van der Waals surface area contributed by atoms with Crippen molar-refractivity contribution in [1.29, 1.82) is 0 Å². The van der Waals surface area contributed by atoms with E-state index in [0.29, 0.717) is 0 Å². The van der Waals surface area contributed by atoms with Crippen LogP contribution < -0.4 is 10.6 Å². The number of nitrogens with zero attached hydrogens (tertiary/aromatic N) is 1. The van der Waals surface area contributed by atoms with Crippen LogP contribution in [-0.2, 0) is 6.54 Å². The fraction of sp³-hybridized carbons (Fsp3) is 0.261. The van der Waals surface area contributed by atoms with E-state index in [2.05, 4.69) is 57.3 Å². The highest BCUT2D eigenvalue weighted by Gasteiger charge is 2.20. The minimum atomic E-state index is -0.117. The Morgan fingerprint density at radius 3 is 2.57 bits per heavy atom. The number of likely N-dealkylation sites (tertiary alicyclic amines) is 1. The molecule has 2 N–H and O–H groups in total. The number of para-hydroxylation sites is 1. The summed E-state index contributed by atoms with van der Waals surface area (Å²) >= 11 is 1.78. The zero-order valence-corrected chi connectivity index (χ0v) is 16.6. The first kappa shape index (κ1) is 18.7. The minimum Gasteiger partial charge on any atom is -0.335 e. The number of nitrogens with one attached hydrogen (secondary N) is 2. The van der Waals surface area contributed by atoms with E-state index in [1.807, 2.05) is 30.3 Å². The summed E-state index contributed by atoms with van der Waals surface area (Å²) in [5.41, 5.74) is 3.46. The predicted octanol–water partition coefficient (Wildman–Crippen LogP) is 5.20. The Morgan fingerprint density at radius 1 is 1.00 bits per heavy atom. The molecule has 0 bridgehead atoms. The Kier molecular flexibility index (Phi) is 6.04. The zero-order valence-electron chi connectivity index (χ0n) is 15.8. The van der Waals surface area contributed by atoms with Crippen molar-refractivity contribution in [3.05, 3.63) is 77.7 Å². The zero-order chi connectivity index (χ0) is 19.2. The Labute approximate surface area is 170 Å². The topological polar surface area (TPSA) is 44.4 Å². The fourth-order valence-electron chi connectivity index (χ4n) is 3.63. The lowest BCUT2D eigenvalue weighted by Crippen LogP contribution is -2.45. The molecule has 28 heavy (non-hydrogen) atoms. The van der Waals surface area contributed by atoms with E-state index in [-0.39, 0.29) is 12.1 Å². The van der Waals surface area contributed by atoms with E-state index in [0.717, 1.165) is 38.2 Å². The maximum atomic E-state index is 12.2. The van der Waals surface area contributed by atoms with Crippen LogP contribution in [0.15, 0.2) is 72.1 Å². The second-order valence-corrected chi connectivity index (χ2v) is 8.14. The van der Waals surface area contributed by atoms with E-state index < -0.39 is 0 Å². The smallest absolute Gasteiger partial charge is 0.319 e. The molecule has 4 rings (SSSR count). The van der Waals surface area contributed by atoms with Gasteiger partial charge in [0.1, 0.15) is 0 Å². The molecule has 2 heterocycles. The van der Waals surface area contributed by atoms with Crippen LogP contribution in [0.1, 0.15) is 18.4 Å². The number of thiophene rings is 1. The van der Waals surface area contributed by atoms with Crippen molar-refractivity contribution < 1.29 is 4.79 Å². The van der Waals surface area contributed by atoms with Gasteiger partial charge in [0, 0.05) is 36.2 Å². The molecule has 2 amide bonds. The molecule has 0 radical (unpaired) electrons. The van der Waals surface area contributed by atoms with Crippen molar-refractivity contribution in [2.75, 3.05) is 18.4 Å². The average Bonchev–Trinajstić information content (AvgIpc) is 3.25. The van der Waals surface area contributed by atoms with Gasteiger partial charge in [-0.15, -0.1) is 11.3 Å². The van der Waals surface area contributed by atoms with E-state index in [4.69, 9.17) is 0 Å². The number of piperidine rings is 1. The molecular formula is C23H25N3OS. The van der Waals surface area contributed by atoms with Crippen molar-refractivity contribution in [2.45, 2.75) is 25.4 Å². The van der Waals surface area contributed by atoms with Crippen molar-refractivity contribution >= 4 is 23.1 Å². The summed E-state index contributed by atoms with van der Waals surface area (Å²) in [5.74, 6) is 0. The molecular weight excluding hydrogens is 366 g/mol. The molecule has 0 saturated carbocycles. The number of amides is 2. The molecule has 5 heteroatoms. The Hall–Kier alpha value is -2.63. The van der Waals surface area contributed by atoms with Crippen LogP contribution in [0.4, 0.5) is 10.5 Å². The fourth-order valence-corrected chi connectivity index (χ4v) is 4.36. The molecule has 1 fully saturated rings. The molecule has 3 aromatic rings. The third kappa shape index (κ3) is 5.00. The quantitative estimate of drug-likeness (QED) is 0.628. The van der Waals surface area contributed by atoms with Crippen LogP contribution in [0, 0.1) is 0 Å². The van der Waals surface area contributed by atoms with Crippen LogP contribution in [0.3, 0.4) is 0 Å². The molecule has 0 unspecified atom stereocenters. The number of anilines is 1. The maximum absolute atomic E-state index is 12.2. The van der Waals surface area contributed by atoms with Gasteiger partial charge in [-0.2, -0.15) is 0 Å². The highest BCUT2D eigenvalue weighted by molar-refractivity contribution is 7.13. The first-order valence-corrected chi connectivity index (χ1v) is 10.6. The molecule has 2 aromatic carbocycles. The van der Waals surface area contributed by atoms with Gasteiger partial charge in [0.25, 0.3) is 0 Å². The summed E-state index contributed by atoms with van der Waals surface area (Å²) in [5, 5.41) is 8.12. The van der Waals surface area contributed by atoms with Crippen molar-refractivity contribution in [3.8, 4) is 10.4 Å². The number of rotatable bonds is 5. The summed E-state index contributed by atoms with van der Waals surface area (Å²) < 4.78 is 0. The van der Waals surface area contributed by atoms with Crippen LogP contribution in [0.25, 0.3) is 10.4 Å². The third-order valence-corrected chi connectivity index (χ3v) is 6.01. The molecule has 1 aliphatic rings. The van der Waals surface area contributed by atoms with Gasteiger partial charge in [-0.3, -0.25) is 4.90 Å². The van der Waals surface area contributed by atoms with E-state index in [1.54, 1.807) is 11.3 Å². The first-order chi connectivity index (χ1) is 13.8. The van der Waals surface area contributed by atoms with E-state index in [9.17, 15) is 4.79 Å². The van der Waals surface area contributed by atoms with Gasteiger partial charge in [-0.05, 0) is 53.6 Å². The van der Waals surface area contributed by atoms with E-state index in [1.165, 1.54) is 16.0 Å². The van der Waals surface area contributed by atoms with Gasteiger partial charge < -0.3 is 10.6 Å². The highest BCUT2D eigenvalue weighted by Crippen LogP contribution is 2.26. The second kappa shape index (κ2) is 9.04. The van der Waals surface area contributed by atoms with Crippen molar-refractivity contribution in [2.24, 2.45) is 0 Å². The molecule has 1 aromatic heterocycles. The summed E-state index contributed by atoms with van der Waals surface area (Å²) in [6.07, 6.45) is 1.96. The Balaban J connectivity index is 1.25. The summed E-state index contributed by atoms with van der Waals surface area (Å²) in [7, 11) is 0. The third-order valence-electron chi connectivity index (χ3n) is 5.09. The summed E-state index contributed by atoms with van der Waals surface area (Å²) in [6, 6.07) is 22.8. The van der Waals surface area contributed by atoms with Gasteiger partial charge in [0.2, 0.25) is 0 Å². The first-order valence-electron chi connectivity index (χ1n) is 9.74. The minimum absolute atomic E-state index is 0.117. The van der Waals surface area contributed by atoms with Gasteiger partial charge in [-0.25, -0.2) is 4.79 Å². The van der Waals surface area contributed by atoms with Crippen molar-refractivity contribution in [1.82, 2.24) is 10.2 Å². The summed E-state index contributed by atoms with van der Waals surface area (Å²) in [4.78, 5) is 16.0.